The second kappa shape index (κ2) is 2.54. The molecular weight excluding hydrogens is 180 g/mol. The normalized spacial score (nSPS) is 32.2. The molecule has 1 heterocycles. The topological polar surface area (TPSA) is 38.0 Å². The maximum Gasteiger partial charge on any atom is 0.124 e. The van der Waals surface area contributed by atoms with Crippen LogP contribution in [0.3, 0.4) is 0 Å². The first-order chi connectivity index (χ1) is 4.27. The van der Waals surface area contributed by atoms with E-state index in [1.54, 1.807) is 0 Å². The number of hydrogen-bond donors (Lipinski definition) is 2. The number of nitrogens with one attached hydrogen (secondary N) is 1. The minimum absolute atomic E-state index is 0.207. The van der Waals surface area contributed by atoms with Gasteiger partial charge < -0.3 is 11.1 Å². The summed E-state index contributed by atoms with van der Waals surface area (Å²) in [5.41, 5.74) is 5.44. The van der Waals surface area contributed by atoms with Crippen LogP contribution in [0.4, 0.5) is 0 Å². The van der Waals surface area contributed by atoms with Gasteiger partial charge in [0.25, 0.3) is 0 Å². The van der Waals surface area contributed by atoms with E-state index in [0.717, 1.165) is 0 Å². The molecule has 0 saturated heterocycles. The maximum atomic E-state index is 5.44. The summed E-state index contributed by atoms with van der Waals surface area (Å²) >= 11 is 3.42. The van der Waals surface area contributed by atoms with E-state index in [1.807, 2.05) is 24.4 Å². The molecule has 1 unspecified atom stereocenters. The molecule has 3 heteroatoms. The van der Waals surface area contributed by atoms with Crippen LogP contribution < -0.4 is 11.1 Å². The van der Waals surface area contributed by atoms with Crippen molar-refractivity contribution in [2.75, 3.05) is 6.54 Å². The van der Waals surface area contributed by atoms with E-state index in [-0.39, 0.29) is 4.45 Å². The van der Waals surface area contributed by atoms with Crippen molar-refractivity contribution in [2.24, 2.45) is 5.73 Å². The second-order valence-corrected chi connectivity index (χ2v) is 3.34. The highest BCUT2D eigenvalue weighted by Gasteiger charge is 2.19. The lowest BCUT2D eigenvalue weighted by molar-refractivity contribution is 0.659. The van der Waals surface area contributed by atoms with Gasteiger partial charge in [-0.05, 0) is 18.4 Å². The lowest BCUT2D eigenvalue weighted by atomic mass is 10.2. The fourth-order valence-electron chi connectivity index (χ4n) is 0.625. The van der Waals surface area contributed by atoms with Gasteiger partial charge >= 0.3 is 0 Å². The highest BCUT2D eigenvalue weighted by Crippen LogP contribution is 2.16. The molecule has 0 bridgehead atoms. The molecule has 1 rings (SSSR count). The van der Waals surface area contributed by atoms with Gasteiger partial charge in [-0.15, -0.1) is 0 Å². The number of allylic oxidation sites excluding steroid dienone is 2. The van der Waals surface area contributed by atoms with E-state index in [4.69, 9.17) is 5.73 Å². The van der Waals surface area contributed by atoms with Crippen LogP contribution in [0.15, 0.2) is 24.4 Å². The Labute approximate surface area is 62.9 Å². The molecule has 0 aromatic rings. The van der Waals surface area contributed by atoms with Crippen LogP contribution in [0, 0.1) is 0 Å². The lowest BCUT2D eigenvalue weighted by Gasteiger charge is -2.23. The first kappa shape index (κ1) is 6.83. The standard InChI is InChI=1S/C6H9BrN2/c7-6(5-8)3-1-2-4-9-6/h1-4,9H,5,8H2. The number of dihydropyridines is 1. The number of hydrogen-bond acceptors (Lipinski definition) is 2. The molecule has 1 aliphatic heterocycles. The minimum Gasteiger partial charge on any atom is -0.372 e. The molecule has 0 spiro atoms. The maximum absolute atomic E-state index is 5.44. The van der Waals surface area contributed by atoms with E-state index >= 15 is 0 Å². The Morgan fingerprint density at radius 1 is 1.56 bits per heavy atom. The van der Waals surface area contributed by atoms with Gasteiger partial charge in [0, 0.05) is 6.54 Å². The zero-order valence-electron chi connectivity index (χ0n) is 4.97. The SMILES string of the molecule is NCC1(Br)C=CC=CN1. The first-order valence-electron chi connectivity index (χ1n) is 2.78. The van der Waals surface area contributed by atoms with Crippen LogP contribution in [0.2, 0.25) is 0 Å². The Bertz CT molecular complexity index is 153. The first-order valence-corrected chi connectivity index (χ1v) is 3.57. The fourth-order valence-corrected chi connectivity index (χ4v) is 0.910. The van der Waals surface area contributed by atoms with Crippen LogP contribution in [0.5, 0.6) is 0 Å². The number of nitrogens with two attached hydrogens (primary N) is 1. The zero-order chi connectivity index (χ0) is 6.74. The molecule has 0 aliphatic carbocycles. The van der Waals surface area contributed by atoms with Gasteiger partial charge in [-0.3, -0.25) is 0 Å². The average Bonchev–Trinajstić information content (AvgIpc) is 1.90. The van der Waals surface area contributed by atoms with E-state index in [9.17, 15) is 0 Å². The molecule has 9 heavy (non-hydrogen) atoms. The van der Waals surface area contributed by atoms with Crippen LogP contribution in [0.25, 0.3) is 0 Å². The van der Waals surface area contributed by atoms with Gasteiger partial charge in [-0.2, -0.15) is 0 Å². The summed E-state index contributed by atoms with van der Waals surface area (Å²) in [6, 6.07) is 0. The van der Waals surface area contributed by atoms with Crippen molar-refractivity contribution < 1.29 is 0 Å². The molecule has 3 N–H and O–H groups in total. The van der Waals surface area contributed by atoms with Crippen molar-refractivity contribution in [1.82, 2.24) is 5.32 Å². The van der Waals surface area contributed by atoms with Gasteiger partial charge in [0.05, 0.1) is 0 Å². The van der Waals surface area contributed by atoms with Gasteiger partial charge in [0.2, 0.25) is 0 Å². The van der Waals surface area contributed by atoms with E-state index < -0.39 is 0 Å². The summed E-state index contributed by atoms with van der Waals surface area (Å²) in [4.78, 5) is 0. The quantitative estimate of drug-likeness (QED) is 0.470. The van der Waals surface area contributed by atoms with Gasteiger partial charge in [0.15, 0.2) is 0 Å². The third kappa shape index (κ3) is 1.56. The highest BCUT2D eigenvalue weighted by atomic mass is 79.9. The van der Waals surface area contributed by atoms with Crippen molar-refractivity contribution in [3.63, 3.8) is 0 Å². The average molecular weight is 189 g/mol. The molecule has 0 saturated carbocycles. The molecule has 50 valence electrons. The largest absolute Gasteiger partial charge is 0.372 e. The Hall–Kier alpha value is -0.280. The zero-order valence-corrected chi connectivity index (χ0v) is 6.56. The van der Waals surface area contributed by atoms with Crippen LogP contribution in [-0.4, -0.2) is 11.0 Å². The van der Waals surface area contributed by atoms with Crippen molar-refractivity contribution in [1.29, 1.82) is 0 Å². The Kier molecular flexibility index (Phi) is 1.93. The predicted octanol–water partition coefficient (Wildman–Crippen LogP) is 0.709. The summed E-state index contributed by atoms with van der Waals surface area (Å²) in [6.07, 6.45) is 7.72. The lowest BCUT2D eigenvalue weighted by Crippen LogP contribution is -2.41. The molecule has 0 aromatic heterocycles. The van der Waals surface area contributed by atoms with E-state index in [0.29, 0.717) is 6.54 Å². The molecule has 1 atom stereocenters. The predicted molar refractivity (Wildman–Crippen MR) is 42.1 cm³/mol. The minimum atomic E-state index is -0.207. The number of alkyl halides is 1. The molecule has 0 fully saturated rings. The van der Waals surface area contributed by atoms with Crippen LogP contribution in [-0.2, 0) is 0 Å². The molecule has 0 aromatic carbocycles. The summed E-state index contributed by atoms with van der Waals surface area (Å²) in [5.74, 6) is 0. The monoisotopic (exact) mass is 188 g/mol. The molecule has 1 aliphatic rings. The van der Waals surface area contributed by atoms with Gasteiger partial charge in [0.1, 0.15) is 4.45 Å². The molecule has 0 amide bonds. The summed E-state index contributed by atoms with van der Waals surface area (Å²) in [5, 5.41) is 3.07. The van der Waals surface area contributed by atoms with Crippen molar-refractivity contribution >= 4 is 15.9 Å². The molecule has 2 nitrogen and oxygen atoms in total. The third-order valence-electron chi connectivity index (χ3n) is 1.19. The Morgan fingerprint density at radius 2 is 2.33 bits per heavy atom. The van der Waals surface area contributed by atoms with Crippen molar-refractivity contribution in [2.45, 2.75) is 4.45 Å². The smallest absolute Gasteiger partial charge is 0.124 e. The summed E-state index contributed by atoms with van der Waals surface area (Å²) < 4.78 is -0.207. The van der Waals surface area contributed by atoms with E-state index in [1.165, 1.54) is 0 Å². The van der Waals surface area contributed by atoms with Crippen molar-refractivity contribution in [3.8, 4) is 0 Å². The molecular formula is C6H9BrN2. The van der Waals surface area contributed by atoms with Gasteiger partial charge in [-0.25, -0.2) is 0 Å². The summed E-state index contributed by atoms with van der Waals surface area (Å²) in [6.45, 7) is 0.549. The summed E-state index contributed by atoms with van der Waals surface area (Å²) in [7, 11) is 0. The third-order valence-corrected chi connectivity index (χ3v) is 2.01. The Balaban J connectivity index is 2.63. The number of halogens is 1. The van der Waals surface area contributed by atoms with Crippen molar-refractivity contribution in [3.05, 3.63) is 24.4 Å². The van der Waals surface area contributed by atoms with E-state index in [2.05, 4.69) is 21.2 Å². The molecule has 0 radical (unpaired) electrons. The fraction of sp³-hybridized carbons (Fsp3) is 0.333. The van der Waals surface area contributed by atoms with Gasteiger partial charge in [-0.1, -0.05) is 22.0 Å². The highest BCUT2D eigenvalue weighted by molar-refractivity contribution is 9.10. The second-order valence-electron chi connectivity index (χ2n) is 1.93. The van der Waals surface area contributed by atoms with Crippen LogP contribution in [0.1, 0.15) is 0 Å². The van der Waals surface area contributed by atoms with Crippen LogP contribution >= 0.6 is 15.9 Å². The number of rotatable bonds is 1. The Morgan fingerprint density at radius 3 is 2.67 bits per heavy atom.